The lowest BCUT2D eigenvalue weighted by molar-refractivity contribution is -0.167. The molecule has 0 N–H and O–H groups in total. The molecule has 0 heterocycles. The van der Waals surface area contributed by atoms with Gasteiger partial charge in [-0.15, -0.1) is 0 Å². The van der Waals surface area contributed by atoms with E-state index < -0.39 is 6.10 Å². The predicted molar refractivity (Wildman–Crippen MR) is 293 cm³/mol. The van der Waals surface area contributed by atoms with E-state index in [0.29, 0.717) is 19.3 Å². The molecule has 0 bridgehead atoms. The van der Waals surface area contributed by atoms with Crippen LogP contribution < -0.4 is 0 Å². The fourth-order valence-corrected chi connectivity index (χ4v) is 8.11. The van der Waals surface area contributed by atoms with E-state index in [0.717, 1.165) is 96.3 Å². The average molecular weight is 950 g/mol. The zero-order chi connectivity index (χ0) is 49.3. The van der Waals surface area contributed by atoms with Crippen LogP contribution in [0.15, 0.2) is 72.9 Å². The summed E-state index contributed by atoms with van der Waals surface area (Å²) >= 11 is 0. The van der Waals surface area contributed by atoms with Crippen LogP contribution in [0.25, 0.3) is 0 Å². The van der Waals surface area contributed by atoms with Crippen molar-refractivity contribution in [1.29, 1.82) is 0 Å². The SMILES string of the molecule is CC/C=C\C/C=C\C/C=C\C/C=C\CCCCC(=O)OCC(COC(=O)CCCCCCCCCCCCCCCCCCCC)OC(=O)CCCCCCCCC/C=C\C/C=C\CCCCC. The van der Waals surface area contributed by atoms with Crippen LogP contribution in [0.5, 0.6) is 0 Å². The molecule has 1 atom stereocenters. The summed E-state index contributed by atoms with van der Waals surface area (Å²) in [4.78, 5) is 38.2. The number of esters is 3. The highest BCUT2D eigenvalue weighted by Gasteiger charge is 2.19. The molecule has 0 aromatic heterocycles. The molecule has 0 fully saturated rings. The molecule has 68 heavy (non-hydrogen) atoms. The molecule has 0 saturated heterocycles. The van der Waals surface area contributed by atoms with E-state index in [9.17, 15) is 14.4 Å². The Bertz CT molecular complexity index is 1270. The van der Waals surface area contributed by atoms with Gasteiger partial charge < -0.3 is 14.2 Å². The van der Waals surface area contributed by atoms with Gasteiger partial charge in [0.25, 0.3) is 0 Å². The lowest BCUT2D eigenvalue weighted by atomic mass is 10.0. The molecule has 6 heteroatoms. The van der Waals surface area contributed by atoms with Crippen LogP contribution >= 0.6 is 0 Å². The van der Waals surface area contributed by atoms with Crippen molar-refractivity contribution in [3.05, 3.63) is 72.9 Å². The standard InChI is InChI=1S/C62H108O6/c1-4-7-10-13-16-19-22-25-28-30-32-34-37-40-43-46-49-52-55-61(64)67-58-59(57-66-60(63)54-51-48-45-42-39-36-33-27-24-21-18-15-12-9-6-3)68-62(65)56-53-50-47-44-41-38-35-31-29-26-23-20-17-14-11-8-5-2/h9,12,17-18,20-21,26-27,29,33,39,42,59H,4-8,10-11,13-16,19,22-25,28,30-32,34-38,40-41,43-58H2,1-3H3/b12-9-,20-17-,21-18-,29-26-,33-27-,42-39-. The molecular weight excluding hydrogens is 841 g/mol. The molecule has 6 nitrogen and oxygen atoms in total. The molecule has 0 saturated carbocycles. The minimum atomic E-state index is -0.795. The van der Waals surface area contributed by atoms with E-state index in [-0.39, 0.29) is 31.1 Å². The largest absolute Gasteiger partial charge is 0.462 e. The molecule has 392 valence electrons. The predicted octanol–water partition coefficient (Wildman–Crippen LogP) is 19.4. The van der Waals surface area contributed by atoms with Crippen LogP contribution in [0.1, 0.15) is 284 Å². The van der Waals surface area contributed by atoms with E-state index in [1.54, 1.807) is 0 Å². The lowest BCUT2D eigenvalue weighted by Crippen LogP contribution is -2.30. The average Bonchev–Trinajstić information content (AvgIpc) is 3.34. The van der Waals surface area contributed by atoms with Crippen molar-refractivity contribution in [2.45, 2.75) is 290 Å². The van der Waals surface area contributed by atoms with Gasteiger partial charge in [0.15, 0.2) is 6.10 Å². The van der Waals surface area contributed by atoms with Gasteiger partial charge >= 0.3 is 17.9 Å². The third-order valence-corrected chi connectivity index (χ3v) is 12.4. The van der Waals surface area contributed by atoms with Gasteiger partial charge in [-0.05, 0) is 89.9 Å². The summed E-state index contributed by atoms with van der Waals surface area (Å²) in [5.41, 5.74) is 0. The fourth-order valence-electron chi connectivity index (χ4n) is 8.11. The molecule has 0 aliphatic heterocycles. The number of rotatable bonds is 52. The minimum absolute atomic E-state index is 0.0896. The Balaban J connectivity index is 4.42. The van der Waals surface area contributed by atoms with Crippen LogP contribution in [0.3, 0.4) is 0 Å². The summed E-state index contributed by atoms with van der Waals surface area (Å²) in [6.45, 7) is 6.49. The number of allylic oxidation sites excluding steroid dienone is 12. The molecule has 0 radical (unpaired) electrons. The first-order valence-corrected chi connectivity index (χ1v) is 28.9. The monoisotopic (exact) mass is 949 g/mol. The Morgan fingerprint density at radius 1 is 0.309 bits per heavy atom. The van der Waals surface area contributed by atoms with Crippen molar-refractivity contribution in [2.75, 3.05) is 13.2 Å². The van der Waals surface area contributed by atoms with Crippen LogP contribution in [-0.2, 0) is 28.6 Å². The van der Waals surface area contributed by atoms with Gasteiger partial charge in [0.2, 0.25) is 0 Å². The number of hydrogen-bond acceptors (Lipinski definition) is 6. The summed E-state index contributed by atoms with van der Waals surface area (Å²) in [6, 6.07) is 0. The smallest absolute Gasteiger partial charge is 0.306 e. The van der Waals surface area contributed by atoms with Crippen molar-refractivity contribution in [3.8, 4) is 0 Å². The molecule has 0 aliphatic rings. The highest BCUT2D eigenvalue weighted by molar-refractivity contribution is 5.71. The third-order valence-electron chi connectivity index (χ3n) is 12.4. The normalized spacial score (nSPS) is 12.6. The van der Waals surface area contributed by atoms with Crippen molar-refractivity contribution in [2.24, 2.45) is 0 Å². The molecule has 0 rings (SSSR count). The molecule has 0 amide bonds. The number of unbranched alkanes of at least 4 members (excludes halogenated alkanes) is 29. The van der Waals surface area contributed by atoms with E-state index in [1.165, 1.54) is 148 Å². The Labute approximate surface area is 421 Å². The first-order chi connectivity index (χ1) is 33.5. The van der Waals surface area contributed by atoms with Gasteiger partial charge in [-0.3, -0.25) is 14.4 Å². The first-order valence-electron chi connectivity index (χ1n) is 28.9. The van der Waals surface area contributed by atoms with Gasteiger partial charge in [-0.25, -0.2) is 0 Å². The van der Waals surface area contributed by atoms with E-state index in [4.69, 9.17) is 14.2 Å². The number of ether oxygens (including phenoxy) is 3. The summed E-state index contributed by atoms with van der Waals surface area (Å²) < 4.78 is 16.8. The van der Waals surface area contributed by atoms with Crippen LogP contribution in [0.4, 0.5) is 0 Å². The Morgan fingerprint density at radius 2 is 0.574 bits per heavy atom. The van der Waals surface area contributed by atoms with E-state index in [2.05, 4.69) is 93.7 Å². The maximum absolute atomic E-state index is 12.9. The summed E-state index contributed by atoms with van der Waals surface area (Å²) in [5.74, 6) is -0.931. The maximum Gasteiger partial charge on any atom is 0.306 e. The lowest BCUT2D eigenvalue weighted by Gasteiger charge is -2.18. The van der Waals surface area contributed by atoms with E-state index >= 15 is 0 Å². The number of hydrogen-bond donors (Lipinski definition) is 0. The van der Waals surface area contributed by atoms with Crippen LogP contribution in [0.2, 0.25) is 0 Å². The van der Waals surface area contributed by atoms with Gasteiger partial charge in [0.1, 0.15) is 13.2 Å². The van der Waals surface area contributed by atoms with E-state index in [1.807, 2.05) is 0 Å². The second kappa shape index (κ2) is 56.4. The van der Waals surface area contributed by atoms with Gasteiger partial charge in [0, 0.05) is 19.3 Å². The Hall–Kier alpha value is -3.15. The zero-order valence-electron chi connectivity index (χ0n) is 44.9. The molecule has 0 aromatic rings. The fraction of sp³-hybridized carbons (Fsp3) is 0.758. The van der Waals surface area contributed by atoms with Crippen molar-refractivity contribution in [3.63, 3.8) is 0 Å². The first kappa shape index (κ1) is 64.8. The summed E-state index contributed by atoms with van der Waals surface area (Å²) in [7, 11) is 0. The molecule has 0 aromatic carbocycles. The summed E-state index contributed by atoms with van der Waals surface area (Å²) in [6.07, 6.45) is 71.8. The molecule has 0 spiro atoms. The van der Waals surface area contributed by atoms with Gasteiger partial charge in [-0.2, -0.15) is 0 Å². The Kier molecular flexibility index (Phi) is 53.8. The molecule has 1 unspecified atom stereocenters. The third kappa shape index (κ3) is 53.8. The van der Waals surface area contributed by atoms with Gasteiger partial charge in [-0.1, -0.05) is 248 Å². The quantitative estimate of drug-likeness (QED) is 0.0262. The van der Waals surface area contributed by atoms with Crippen molar-refractivity contribution in [1.82, 2.24) is 0 Å². The summed E-state index contributed by atoms with van der Waals surface area (Å²) in [5, 5.41) is 0. The second-order valence-corrected chi connectivity index (χ2v) is 19.2. The van der Waals surface area contributed by atoms with Gasteiger partial charge in [0.05, 0.1) is 0 Å². The second-order valence-electron chi connectivity index (χ2n) is 19.2. The number of carbonyl (C=O) groups is 3. The number of carbonyl (C=O) groups excluding carboxylic acids is 3. The zero-order valence-corrected chi connectivity index (χ0v) is 44.9. The van der Waals surface area contributed by atoms with Crippen LogP contribution in [-0.4, -0.2) is 37.2 Å². The maximum atomic E-state index is 12.9. The highest BCUT2D eigenvalue weighted by atomic mass is 16.6. The Morgan fingerprint density at radius 3 is 0.956 bits per heavy atom. The molecule has 0 aliphatic carbocycles. The van der Waals surface area contributed by atoms with Crippen molar-refractivity contribution >= 4 is 17.9 Å². The molecular formula is C62H108O6. The van der Waals surface area contributed by atoms with Crippen LogP contribution in [0, 0.1) is 0 Å². The highest BCUT2D eigenvalue weighted by Crippen LogP contribution is 2.16. The van der Waals surface area contributed by atoms with Crippen molar-refractivity contribution < 1.29 is 28.6 Å². The minimum Gasteiger partial charge on any atom is -0.462 e. The topological polar surface area (TPSA) is 78.9 Å².